The van der Waals surface area contributed by atoms with Crippen molar-refractivity contribution in [3.63, 3.8) is 0 Å². The van der Waals surface area contributed by atoms with Crippen molar-refractivity contribution < 1.29 is 9.32 Å². The van der Waals surface area contributed by atoms with Crippen molar-refractivity contribution in [2.24, 2.45) is 4.36 Å². The number of rotatable bonds is 3. The van der Waals surface area contributed by atoms with E-state index in [1.165, 1.54) is 0 Å². The average Bonchev–Trinajstić information content (AvgIpc) is 2.68. The number of hydrogen-bond acceptors (Lipinski definition) is 3. The lowest BCUT2D eigenvalue weighted by Gasteiger charge is -2.24. The van der Waals surface area contributed by atoms with Crippen molar-refractivity contribution >= 4 is 37.4 Å². The summed E-state index contributed by atoms with van der Waals surface area (Å²) in [4.78, 5) is 0.987. The van der Waals surface area contributed by atoms with Gasteiger partial charge in [0, 0.05) is 10.0 Å². The lowest BCUT2D eigenvalue weighted by molar-refractivity contribution is 0.224. The molecule has 1 aliphatic heterocycles. The molecule has 1 heterocycles. The molecule has 2 atom stereocenters. The van der Waals surface area contributed by atoms with Crippen LogP contribution in [0.3, 0.4) is 0 Å². The SMILES string of the molecule is O=S1(c2ccccc2)=Nc2ccccc2C=C1C(O)c1ccccc1Br. The molecule has 26 heavy (non-hydrogen) atoms. The first-order valence-corrected chi connectivity index (χ1v) is 10.5. The predicted molar refractivity (Wildman–Crippen MR) is 108 cm³/mol. The largest absolute Gasteiger partial charge is 0.383 e. The lowest BCUT2D eigenvalue weighted by Crippen LogP contribution is -2.15. The second-order valence-electron chi connectivity index (χ2n) is 5.96. The Hall–Kier alpha value is -2.21. The Morgan fingerprint density at radius 3 is 2.31 bits per heavy atom. The fraction of sp³-hybridized carbons (Fsp3) is 0.0476. The smallest absolute Gasteiger partial charge is 0.115 e. The molecule has 1 aliphatic rings. The van der Waals surface area contributed by atoms with Crippen LogP contribution in [0, 0.1) is 0 Å². The van der Waals surface area contributed by atoms with Gasteiger partial charge >= 0.3 is 0 Å². The van der Waals surface area contributed by atoms with Crippen LogP contribution in [0.25, 0.3) is 6.08 Å². The summed E-state index contributed by atoms with van der Waals surface area (Å²) < 4.78 is 19.4. The highest BCUT2D eigenvalue weighted by atomic mass is 79.9. The summed E-state index contributed by atoms with van der Waals surface area (Å²) in [5.41, 5.74) is 2.19. The van der Waals surface area contributed by atoms with E-state index in [-0.39, 0.29) is 0 Å². The first kappa shape index (κ1) is 17.2. The van der Waals surface area contributed by atoms with Crippen molar-refractivity contribution in [2.45, 2.75) is 11.0 Å². The van der Waals surface area contributed by atoms with Crippen LogP contribution in [0.1, 0.15) is 17.2 Å². The average molecular weight is 426 g/mol. The number of hydrogen-bond donors (Lipinski definition) is 1. The minimum Gasteiger partial charge on any atom is -0.383 e. The molecule has 3 aromatic carbocycles. The molecule has 0 saturated carbocycles. The Morgan fingerprint density at radius 2 is 1.54 bits per heavy atom. The fourth-order valence-corrected chi connectivity index (χ4v) is 5.66. The van der Waals surface area contributed by atoms with E-state index in [4.69, 9.17) is 0 Å². The summed E-state index contributed by atoms with van der Waals surface area (Å²) in [6.07, 6.45) is 0.775. The third-order valence-corrected chi connectivity index (χ3v) is 7.38. The topological polar surface area (TPSA) is 49.7 Å². The maximum atomic E-state index is 14.0. The van der Waals surface area contributed by atoms with Gasteiger partial charge in [-0.05, 0) is 35.9 Å². The summed E-state index contributed by atoms with van der Waals surface area (Å²) in [6, 6.07) is 24.1. The van der Waals surface area contributed by atoms with E-state index in [0.717, 1.165) is 10.0 Å². The van der Waals surface area contributed by atoms with Crippen LogP contribution in [-0.4, -0.2) is 9.32 Å². The summed E-state index contributed by atoms with van der Waals surface area (Å²) in [5, 5.41) is 11.1. The van der Waals surface area contributed by atoms with Gasteiger partial charge in [0.1, 0.15) is 15.8 Å². The molecule has 130 valence electrons. The Morgan fingerprint density at radius 1 is 0.885 bits per heavy atom. The van der Waals surface area contributed by atoms with Gasteiger partial charge in [0.05, 0.1) is 15.5 Å². The molecule has 0 aliphatic carbocycles. The highest BCUT2D eigenvalue weighted by Gasteiger charge is 2.30. The molecule has 4 rings (SSSR count). The van der Waals surface area contributed by atoms with Gasteiger partial charge in [-0.1, -0.05) is 70.5 Å². The molecule has 0 radical (unpaired) electrons. The van der Waals surface area contributed by atoms with Gasteiger partial charge in [0.2, 0.25) is 0 Å². The Kier molecular flexibility index (Phi) is 4.53. The van der Waals surface area contributed by atoms with E-state index in [1.54, 1.807) is 12.1 Å². The van der Waals surface area contributed by atoms with Crippen LogP contribution in [0.5, 0.6) is 0 Å². The van der Waals surface area contributed by atoms with Crippen molar-refractivity contribution in [3.8, 4) is 0 Å². The molecule has 3 aromatic rings. The van der Waals surface area contributed by atoms with Crippen molar-refractivity contribution in [1.82, 2.24) is 0 Å². The third-order valence-electron chi connectivity index (χ3n) is 4.31. The zero-order valence-electron chi connectivity index (χ0n) is 13.7. The third kappa shape index (κ3) is 2.92. The molecule has 0 saturated heterocycles. The van der Waals surface area contributed by atoms with Crippen LogP contribution in [0.4, 0.5) is 5.69 Å². The molecular weight excluding hydrogens is 410 g/mol. The summed E-state index contributed by atoms with van der Waals surface area (Å²) in [5.74, 6) is 0. The number of aliphatic hydroxyl groups is 1. The fourth-order valence-electron chi connectivity index (χ4n) is 2.99. The van der Waals surface area contributed by atoms with Gasteiger partial charge in [-0.25, -0.2) is 4.21 Å². The van der Waals surface area contributed by atoms with E-state index in [0.29, 0.717) is 21.1 Å². The first-order chi connectivity index (χ1) is 12.6. The standard InChI is InChI=1S/C21H16BrNO2S/c22-18-12-6-5-11-17(18)21(24)20-14-15-8-4-7-13-19(15)23-26(20,25)16-9-2-1-3-10-16/h1-14,21,24H. The quantitative estimate of drug-likeness (QED) is 0.585. The predicted octanol–water partition coefficient (Wildman–Crippen LogP) is 5.70. The number of aliphatic hydroxyl groups excluding tert-OH is 1. The van der Waals surface area contributed by atoms with Gasteiger partial charge in [-0.3, -0.25) is 0 Å². The maximum absolute atomic E-state index is 14.0. The summed E-state index contributed by atoms with van der Waals surface area (Å²) in [7, 11) is -2.97. The second-order valence-corrected chi connectivity index (χ2v) is 8.99. The van der Waals surface area contributed by atoms with Crippen LogP contribution < -0.4 is 0 Å². The highest BCUT2D eigenvalue weighted by Crippen LogP contribution is 2.42. The Balaban J connectivity index is 1.97. The molecule has 5 heteroatoms. The van der Waals surface area contributed by atoms with Crippen LogP contribution in [-0.2, 0) is 9.73 Å². The van der Waals surface area contributed by atoms with Crippen LogP contribution in [0.2, 0.25) is 0 Å². The van der Waals surface area contributed by atoms with E-state index >= 15 is 0 Å². The molecule has 2 unspecified atom stereocenters. The van der Waals surface area contributed by atoms with Gasteiger partial charge in [0.25, 0.3) is 0 Å². The van der Waals surface area contributed by atoms with E-state index in [1.807, 2.05) is 72.8 Å². The summed E-state index contributed by atoms with van der Waals surface area (Å²) >= 11 is 3.48. The first-order valence-electron chi connectivity index (χ1n) is 8.15. The van der Waals surface area contributed by atoms with Gasteiger partial charge < -0.3 is 5.11 Å². The van der Waals surface area contributed by atoms with E-state index < -0.39 is 15.8 Å². The number of benzene rings is 3. The number of fused-ring (bicyclic) bond motifs is 1. The number of halogens is 1. The molecule has 0 fully saturated rings. The molecule has 0 amide bonds. The molecule has 3 nitrogen and oxygen atoms in total. The Labute approximate surface area is 161 Å². The normalized spacial score (nSPS) is 19.8. The molecular formula is C21H16BrNO2S. The highest BCUT2D eigenvalue weighted by molar-refractivity contribution is 9.10. The second kappa shape index (κ2) is 6.83. The van der Waals surface area contributed by atoms with Gasteiger partial charge in [-0.15, -0.1) is 0 Å². The molecule has 0 aromatic heterocycles. The van der Waals surface area contributed by atoms with Crippen LogP contribution >= 0.6 is 15.9 Å². The van der Waals surface area contributed by atoms with Crippen molar-refractivity contribution in [1.29, 1.82) is 0 Å². The van der Waals surface area contributed by atoms with Crippen LogP contribution in [0.15, 0.2) is 97.5 Å². The monoisotopic (exact) mass is 425 g/mol. The molecule has 0 bridgehead atoms. The maximum Gasteiger partial charge on any atom is 0.115 e. The zero-order chi connectivity index (χ0) is 18.1. The zero-order valence-corrected chi connectivity index (χ0v) is 16.2. The van der Waals surface area contributed by atoms with Gasteiger partial charge in [0.15, 0.2) is 0 Å². The Bertz CT molecular complexity index is 1120. The lowest BCUT2D eigenvalue weighted by atomic mass is 10.1. The van der Waals surface area contributed by atoms with Crippen molar-refractivity contribution in [3.05, 3.63) is 99.4 Å². The minimum atomic E-state index is -2.97. The van der Waals surface area contributed by atoms with Crippen molar-refractivity contribution in [2.75, 3.05) is 0 Å². The van der Waals surface area contributed by atoms with E-state index in [2.05, 4.69) is 20.3 Å². The van der Waals surface area contributed by atoms with Gasteiger partial charge in [-0.2, -0.15) is 4.36 Å². The molecule has 1 N–H and O–H groups in total. The minimum absolute atomic E-state index is 0.398. The molecule has 0 spiro atoms. The van der Waals surface area contributed by atoms with E-state index in [9.17, 15) is 9.32 Å². The number of nitrogens with zero attached hydrogens (tertiary/aromatic N) is 1. The summed E-state index contributed by atoms with van der Waals surface area (Å²) in [6.45, 7) is 0.